The van der Waals surface area contributed by atoms with Crippen LogP contribution in [-0.4, -0.2) is 43.4 Å². The Bertz CT molecular complexity index is 1520. The van der Waals surface area contributed by atoms with Crippen molar-refractivity contribution in [2.24, 2.45) is 0 Å². The molecule has 5 rings (SSSR count). The van der Waals surface area contributed by atoms with Gasteiger partial charge in [0.25, 0.3) is 5.17 Å². The smallest absolute Gasteiger partial charge is 0.265 e. The number of hydrogen-bond acceptors (Lipinski definition) is 5. The van der Waals surface area contributed by atoms with Crippen LogP contribution in [0.5, 0.6) is 11.5 Å². The second-order valence-electron chi connectivity index (χ2n) is 8.44. The van der Waals surface area contributed by atoms with E-state index in [1.54, 1.807) is 25.3 Å². The molecule has 1 atom stereocenters. The van der Waals surface area contributed by atoms with E-state index in [9.17, 15) is 12.8 Å². The highest BCUT2D eigenvalue weighted by Crippen LogP contribution is 2.40. The summed E-state index contributed by atoms with van der Waals surface area (Å²) in [7, 11) is -1.73. The normalized spacial score (nSPS) is 15.6. The van der Waals surface area contributed by atoms with Gasteiger partial charge in [0.2, 0.25) is 0 Å². The molecule has 1 unspecified atom stereocenters. The van der Waals surface area contributed by atoms with E-state index in [1.807, 2.05) is 29.2 Å². The largest absolute Gasteiger partial charge is 0.497 e. The Morgan fingerprint density at radius 2 is 1.77 bits per heavy atom. The van der Waals surface area contributed by atoms with Gasteiger partial charge in [-0.05, 0) is 84.4 Å². The van der Waals surface area contributed by atoms with Gasteiger partial charge in [0.15, 0.2) is 9.84 Å². The molecule has 1 aromatic heterocycles. The number of nitrogens with zero attached hydrogens (tertiary/aromatic N) is 1. The Morgan fingerprint density at radius 3 is 2.43 bits per heavy atom. The van der Waals surface area contributed by atoms with Crippen LogP contribution < -0.4 is 9.47 Å². The van der Waals surface area contributed by atoms with Crippen LogP contribution in [0.4, 0.5) is 4.39 Å². The molecule has 0 fully saturated rings. The molecule has 35 heavy (non-hydrogen) atoms. The molecule has 0 saturated heterocycles. The summed E-state index contributed by atoms with van der Waals surface area (Å²) in [4.78, 5) is 5.76. The number of rotatable bonds is 4. The number of aromatic amines is 1. The van der Waals surface area contributed by atoms with E-state index in [-0.39, 0.29) is 23.4 Å². The van der Waals surface area contributed by atoms with Crippen molar-refractivity contribution in [1.82, 2.24) is 9.88 Å². The lowest BCUT2D eigenvalue weighted by atomic mass is 9.93. The fraction of sp³-hybridized carbons (Fsp3) is 0.192. The lowest BCUT2D eigenvalue weighted by Gasteiger charge is -2.37. The number of nitrogens with one attached hydrogen (secondary N) is 1. The van der Waals surface area contributed by atoms with Crippen molar-refractivity contribution in [1.29, 1.82) is 0 Å². The first kappa shape index (κ1) is 23.3. The Kier molecular flexibility index (Phi) is 5.98. The first-order valence-corrected chi connectivity index (χ1v) is 13.3. The van der Waals surface area contributed by atoms with Gasteiger partial charge in [0.1, 0.15) is 17.3 Å². The minimum absolute atomic E-state index is 0. The molecule has 0 amide bonds. The predicted molar refractivity (Wildman–Crippen MR) is 138 cm³/mol. The SMILES string of the molecule is COc1ccc(C2c3[nH]c4ccc(S(C)(=O)=O)cc4c3CCN2C(=S)Oc2ccc(F)cc2)cc1.[HH]. The number of H-pyrrole nitrogens is 1. The quantitative estimate of drug-likeness (QED) is 0.376. The predicted octanol–water partition coefficient (Wildman–Crippen LogP) is 5.28. The Morgan fingerprint density at radius 1 is 1.09 bits per heavy atom. The van der Waals surface area contributed by atoms with Crippen molar-refractivity contribution >= 4 is 38.1 Å². The van der Waals surface area contributed by atoms with Gasteiger partial charge >= 0.3 is 0 Å². The molecule has 0 radical (unpaired) electrons. The van der Waals surface area contributed by atoms with E-state index in [0.717, 1.165) is 33.5 Å². The number of ether oxygens (including phenoxy) is 2. The van der Waals surface area contributed by atoms with Crippen LogP contribution >= 0.6 is 12.2 Å². The zero-order valence-corrected chi connectivity index (χ0v) is 20.8. The van der Waals surface area contributed by atoms with Crippen molar-refractivity contribution in [3.63, 3.8) is 0 Å². The molecule has 3 aromatic carbocycles. The van der Waals surface area contributed by atoms with Gasteiger partial charge in [-0.1, -0.05) is 12.1 Å². The Hall–Kier alpha value is -3.43. The summed E-state index contributed by atoms with van der Waals surface area (Å²) >= 11 is 5.69. The number of aromatic nitrogens is 1. The third-order valence-corrected chi connectivity index (χ3v) is 7.64. The molecular formula is C26H25FN2O4S2. The van der Waals surface area contributed by atoms with E-state index < -0.39 is 9.84 Å². The van der Waals surface area contributed by atoms with Crippen molar-refractivity contribution in [3.8, 4) is 11.5 Å². The minimum Gasteiger partial charge on any atom is -0.497 e. The maximum atomic E-state index is 13.3. The number of thiocarbonyl (C=S) groups is 1. The van der Waals surface area contributed by atoms with Crippen molar-refractivity contribution in [2.75, 3.05) is 19.9 Å². The standard InChI is InChI=1S/C26H23FN2O4S2.H2/c1-32-18-7-3-16(4-8-18)25-24-21(22-15-20(35(2,30)31)11-12-23(22)28-24)13-14-29(25)26(34)33-19-9-5-17(27)6-10-19;/h3-12,15,25,28H,13-14H2,1-2H3;1H. The van der Waals surface area contributed by atoms with Gasteiger partial charge in [0.05, 0.1) is 18.0 Å². The monoisotopic (exact) mass is 512 g/mol. The first-order valence-electron chi connectivity index (χ1n) is 11.0. The molecule has 4 aromatic rings. The summed E-state index contributed by atoms with van der Waals surface area (Å²) in [5.41, 5.74) is 3.79. The van der Waals surface area contributed by atoms with Crippen LogP contribution in [0.25, 0.3) is 10.9 Å². The number of halogens is 1. The summed E-state index contributed by atoms with van der Waals surface area (Å²) < 4.78 is 48.9. The van der Waals surface area contributed by atoms with E-state index in [4.69, 9.17) is 21.7 Å². The number of benzene rings is 3. The van der Waals surface area contributed by atoms with Crippen LogP contribution in [0.1, 0.15) is 24.3 Å². The van der Waals surface area contributed by atoms with Crippen LogP contribution in [0, 0.1) is 5.82 Å². The number of sulfone groups is 1. The maximum Gasteiger partial charge on any atom is 0.265 e. The highest BCUT2D eigenvalue weighted by molar-refractivity contribution is 7.90. The topological polar surface area (TPSA) is 71.6 Å². The molecule has 0 saturated carbocycles. The molecule has 1 N–H and O–H groups in total. The fourth-order valence-electron chi connectivity index (χ4n) is 4.49. The molecule has 6 nitrogen and oxygen atoms in total. The Labute approximate surface area is 209 Å². The first-order chi connectivity index (χ1) is 16.7. The highest BCUT2D eigenvalue weighted by atomic mass is 32.2. The van der Waals surface area contributed by atoms with E-state index in [2.05, 4.69) is 4.98 Å². The summed E-state index contributed by atoms with van der Waals surface area (Å²) in [5.74, 6) is 0.828. The Balaban J connectivity index is 0.00000304. The number of hydrogen-bond donors (Lipinski definition) is 1. The van der Waals surface area contributed by atoms with Crippen molar-refractivity contribution in [2.45, 2.75) is 17.4 Å². The molecule has 182 valence electrons. The summed E-state index contributed by atoms with van der Waals surface area (Å²) in [5, 5.41) is 1.14. The summed E-state index contributed by atoms with van der Waals surface area (Å²) in [6.45, 7) is 0.555. The zero-order chi connectivity index (χ0) is 24.7. The molecular weight excluding hydrogens is 487 g/mol. The van der Waals surface area contributed by atoms with E-state index in [0.29, 0.717) is 18.7 Å². The number of methoxy groups -OCH3 is 1. The zero-order valence-electron chi connectivity index (χ0n) is 19.1. The molecule has 1 aliphatic heterocycles. The van der Waals surface area contributed by atoms with Crippen molar-refractivity contribution in [3.05, 3.63) is 89.4 Å². The van der Waals surface area contributed by atoms with Gasteiger partial charge in [-0.3, -0.25) is 0 Å². The van der Waals surface area contributed by atoms with Crippen LogP contribution in [0.3, 0.4) is 0 Å². The van der Waals surface area contributed by atoms with Crippen LogP contribution in [0.2, 0.25) is 0 Å². The highest BCUT2D eigenvalue weighted by Gasteiger charge is 2.34. The molecule has 0 aliphatic carbocycles. The van der Waals surface area contributed by atoms with Gasteiger partial charge in [0, 0.05) is 30.8 Å². The van der Waals surface area contributed by atoms with Crippen LogP contribution in [0.15, 0.2) is 71.6 Å². The number of fused-ring (bicyclic) bond motifs is 3. The maximum absolute atomic E-state index is 13.3. The van der Waals surface area contributed by atoms with E-state index >= 15 is 0 Å². The van der Waals surface area contributed by atoms with Gasteiger partial charge in [-0.25, -0.2) is 12.8 Å². The lowest BCUT2D eigenvalue weighted by Crippen LogP contribution is -2.42. The molecule has 0 spiro atoms. The third-order valence-electron chi connectivity index (χ3n) is 6.21. The summed E-state index contributed by atoms with van der Waals surface area (Å²) in [6, 6.07) is 18.3. The second-order valence-corrected chi connectivity index (χ2v) is 10.8. The van der Waals surface area contributed by atoms with Gasteiger partial charge in [-0.2, -0.15) is 0 Å². The minimum atomic E-state index is -3.34. The lowest BCUT2D eigenvalue weighted by molar-refractivity contribution is 0.289. The molecule has 0 bridgehead atoms. The van der Waals surface area contributed by atoms with Crippen LogP contribution in [-0.2, 0) is 16.3 Å². The average molecular weight is 513 g/mol. The van der Waals surface area contributed by atoms with Gasteiger partial charge in [-0.15, -0.1) is 0 Å². The molecule has 2 heterocycles. The summed E-state index contributed by atoms with van der Waals surface area (Å²) in [6.07, 6.45) is 1.85. The van der Waals surface area contributed by atoms with Crippen molar-refractivity contribution < 1.29 is 23.7 Å². The second kappa shape index (κ2) is 8.98. The average Bonchev–Trinajstić information content (AvgIpc) is 3.22. The molecule has 9 heteroatoms. The van der Waals surface area contributed by atoms with E-state index in [1.165, 1.54) is 30.5 Å². The fourth-order valence-corrected chi connectivity index (χ4v) is 5.43. The molecule has 1 aliphatic rings. The van der Waals surface area contributed by atoms with Gasteiger partial charge < -0.3 is 19.4 Å². The third kappa shape index (κ3) is 4.49.